The molecule has 98 valence electrons. The van der Waals surface area contributed by atoms with Crippen LogP contribution in [0.3, 0.4) is 0 Å². The summed E-state index contributed by atoms with van der Waals surface area (Å²) in [6.07, 6.45) is -0.0411. The van der Waals surface area contributed by atoms with Crippen LogP contribution >= 0.6 is 11.6 Å². The van der Waals surface area contributed by atoms with Gasteiger partial charge < -0.3 is 15.5 Å². The van der Waals surface area contributed by atoms with E-state index in [2.05, 4.69) is 5.32 Å². The van der Waals surface area contributed by atoms with Crippen LogP contribution in [0.5, 0.6) is 0 Å². The molecule has 1 atom stereocenters. The van der Waals surface area contributed by atoms with Crippen LogP contribution in [0.4, 0.5) is 0 Å². The fraction of sp³-hybridized carbons (Fsp3) is 0.333. The van der Waals surface area contributed by atoms with Gasteiger partial charge >= 0.3 is 5.97 Å². The van der Waals surface area contributed by atoms with Crippen molar-refractivity contribution in [3.63, 3.8) is 0 Å². The summed E-state index contributed by atoms with van der Waals surface area (Å²) in [5.41, 5.74) is 1.10. The zero-order valence-corrected chi connectivity index (χ0v) is 10.6. The number of benzene rings is 1. The molecule has 3 N–H and O–H groups in total. The van der Waals surface area contributed by atoms with E-state index in [1.165, 1.54) is 6.07 Å². The third-order valence-electron chi connectivity index (χ3n) is 2.33. The lowest BCUT2D eigenvalue weighted by Crippen LogP contribution is -2.41. The Morgan fingerprint density at radius 2 is 2.06 bits per heavy atom. The van der Waals surface area contributed by atoms with Crippen molar-refractivity contribution in [2.24, 2.45) is 0 Å². The maximum absolute atomic E-state index is 11.8. The first kappa shape index (κ1) is 14.5. The normalized spacial score (nSPS) is 11.9. The molecule has 0 aromatic heterocycles. The van der Waals surface area contributed by atoms with Gasteiger partial charge in [-0.2, -0.15) is 0 Å². The molecule has 0 aliphatic rings. The lowest BCUT2D eigenvalue weighted by atomic mass is 10.1. The van der Waals surface area contributed by atoms with Crippen LogP contribution in [0.2, 0.25) is 5.02 Å². The van der Waals surface area contributed by atoms with Crippen LogP contribution in [0, 0.1) is 6.92 Å². The molecule has 0 fully saturated rings. The molecule has 0 unspecified atom stereocenters. The zero-order valence-electron chi connectivity index (χ0n) is 9.81. The molecule has 1 aromatic carbocycles. The van der Waals surface area contributed by atoms with Crippen molar-refractivity contribution in [3.05, 3.63) is 34.3 Å². The molecule has 18 heavy (non-hydrogen) atoms. The maximum atomic E-state index is 11.8. The second-order valence-electron chi connectivity index (χ2n) is 3.89. The number of amides is 1. The largest absolute Gasteiger partial charge is 0.480 e. The molecule has 1 aromatic rings. The van der Waals surface area contributed by atoms with E-state index in [0.717, 1.165) is 5.56 Å². The SMILES string of the molecule is Cc1cc(Cl)cc(C(=O)N[C@H](CCO)C(=O)O)c1. The van der Waals surface area contributed by atoms with E-state index in [1.807, 2.05) is 0 Å². The highest BCUT2D eigenvalue weighted by atomic mass is 35.5. The first-order valence-electron chi connectivity index (χ1n) is 5.35. The second-order valence-corrected chi connectivity index (χ2v) is 4.33. The Bertz CT molecular complexity index is 441. The predicted molar refractivity (Wildman–Crippen MR) is 66.8 cm³/mol. The fourth-order valence-corrected chi connectivity index (χ4v) is 1.79. The predicted octanol–water partition coefficient (Wildman–Crippen LogP) is 1.21. The summed E-state index contributed by atoms with van der Waals surface area (Å²) < 4.78 is 0. The van der Waals surface area contributed by atoms with E-state index in [0.29, 0.717) is 10.6 Å². The average Bonchev–Trinajstić information content (AvgIpc) is 2.26. The summed E-state index contributed by atoms with van der Waals surface area (Å²) in [5.74, 6) is -1.71. The van der Waals surface area contributed by atoms with Crippen molar-refractivity contribution >= 4 is 23.5 Å². The van der Waals surface area contributed by atoms with Gasteiger partial charge in [0.1, 0.15) is 6.04 Å². The molecule has 1 amide bonds. The maximum Gasteiger partial charge on any atom is 0.326 e. The van der Waals surface area contributed by atoms with Crippen molar-refractivity contribution in [2.45, 2.75) is 19.4 Å². The molecule has 0 aliphatic heterocycles. The Morgan fingerprint density at radius 1 is 1.39 bits per heavy atom. The van der Waals surface area contributed by atoms with Crippen LogP contribution in [-0.2, 0) is 4.79 Å². The Kier molecular flexibility index (Phi) is 5.12. The molecule has 0 aliphatic carbocycles. The number of hydrogen-bond donors (Lipinski definition) is 3. The lowest BCUT2D eigenvalue weighted by molar-refractivity contribution is -0.139. The average molecular weight is 272 g/mol. The Balaban J connectivity index is 2.83. The van der Waals surface area contributed by atoms with Crippen molar-refractivity contribution in [2.75, 3.05) is 6.61 Å². The smallest absolute Gasteiger partial charge is 0.326 e. The van der Waals surface area contributed by atoms with E-state index in [9.17, 15) is 9.59 Å². The first-order chi connectivity index (χ1) is 8.43. The van der Waals surface area contributed by atoms with E-state index < -0.39 is 17.9 Å². The number of nitrogens with one attached hydrogen (secondary N) is 1. The number of halogens is 1. The van der Waals surface area contributed by atoms with Crippen LogP contribution in [-0.4, -0.2) is 34.7 Å². The minimum atomic E-state index is -1.18. The van der Waals surface area contributed by atoms with Gasteiger partial charge in [-0.25, -0.2) is 4.79 Å². The number of aliphatic hydroxyl groups is 1. The number of hydrogen-bond acceptors (Lipinski definition) is 3. The Labute approximate surface area is 109 Å². The van der Waals surface area contributed by atoms with E-state index in [1.54, 1.807) is 19.1 Å². The Hall–Kier alpha value is -1.59. The number of rotatable bonds is 5. The third kappa shape index (κ3) is 4.01. The van der Waals surface area contributed by atoms with Crippen LogP contribution in [0.1, 0.15) is 22.3 Å². The van der Waals surface area contributed by atoms with Gasteiger partial charge in [0.25, 0.3) is 5.91 Å². The fourth-order valence-electron chi connectivity index (χ4n) is 1.50. The van der Waals surface area contributed by atoms with Crippen LogP contribution < -0.4 is 5.32 Å². The molecule has 0 saturated carbocycles. The number of carboxylic acid groups (broad SMARTS) is 1. The van der Waals surface area contributed by atoms with Gasteiger partial charge in [0.05, 0.1) is 0 Å². The quantitative estimate of drug-likeness (QED) is 0.751. The number of carboxylic acids is 1. The first-order valence-corrected chi connectivity index (χ1v) is 5.73. The summed E-state index contributed by atoms with van der Waals surface area (Å²) in [6, 6.07) is 3.66. The standard InChI is InChI=1S/C12H14ClNO4/c1-7-4-8(6-9(13)5-7)11(16)14-10(2-3-15)12(17)18/h4-6,10,15H,2-3H2,1H3,(H,14,16)(H,17,18)/t10-/m1/s1. The highest BCUT2D eigenvalue weighted by Crippen LogP contribution is 2.14. The molecule has 0 bridgehead atoms. The molecule has 6 heteroatoms. The number of carbonyl (C=O) groups excluding carboxylic acids is 1. The minimum Gasteiger partial charge on any atom is -0.480 e. The highest BCUT2D eigenvalue weighted by Gasteiger charge is 2.20. The summed E-state index contributed by atoms with van der Waals surface area (Å²) >= 11 is 5.82. The summed E-state index contributed by atoms with van der Waals surface area (Å²) in [5, 5.41) is 20.3. The van der Waals surface area contributed by atoms with Gasteiger partial charge in [0.2, 0.25) is 0 Å². The van der Waals surface area contributed by atoms with Crippen molar-refractivity contribution in [1.82, 2.24) is 5.32 Å². The summed E-state index contributed by atoms with van der Waals surface area (Å²) in [4.78, 5) is 22.7. The van der Waals surface area contributed by atoms with Crippen LogP contribution in [0.15, 0.2) is 18.2 Å². The second kappa shape index (κ2) is 6.37. The van der Waals surface area contributed by atoms with E-state index >= 15 is 0 Å². The third-order valence-corrected chi connectivity index (χ3v) is 2.54. The number of carbonyl (C=O) groups is 2. The van der Waals surface area contributed by atoms with Crippen molar-refractivity contribution < 1.29 is 19.8 Å². The molecule has 5 nitrogen and oxygen atoms in total. The van der Waals surface area contributed by atoms with Gasteiger partial charge in [-0.05, 0) is 30.7 Å². The minimum absolute atomic E-state index is 0.0411. The van der Waals surface area contributed by atoms with Gasteiger partial charge in [0, 0.05) is 23.6 Å². The molecule has 0 saturated heterocycles. The van der Waals surface area contributed by atoms with Gasteiger partial charge in [-0.15, -0.1) is 0 Å². The zero-order chi connectivity index (χ0) is 13.7. The summed E-state index contributed by atoms with van der Waals surface area (Å²) in [6.45, 7) is 1.47. The lowest BCUT2D eigenvalue weighted by Gasteiger charge is -2.13. The molecule has 0 radical (unpaired) electrons. The summed E-state index contributed by atoms with van der Waals surface area (Å²) in [7, 11) is 0. The van der Waals surface area contributed by atoms with Gasteiger partial charge in [-0.1, -0.05) is 11.6 Å². The number of aryl methyl sites for hydroxylation is 1. The molecule has 0 spiro atoms. The topological polar surface area (TPSA) is 86.6 Å². The molecule has 1 rings (SSSR count). The number of aliphatic hydroxyl groups excluding tert-OH is 1. The molecular formula is C12H14ClNO4. The highest BCUT2D eigenvalue weighted by molar-refractivity contribution is 6.31. The monoisotopic (exact) mass is 271 g/mol. The van der Waals surface area contributed by atoms with Gasteiger partial charge in [0.15, 0.2) is 0 Å². The van der Waals surface area contributed by atoms with Gasteiger partial charge in [-0.3, -0.25) is 4.79 Å². The molecule has 0 heterocycles. The van der Waals surface area contributed by atoms with E-state index in [4.69, 9.17) is 21.8 Å². The van der Waals surface area contributed by atoms with Crippen LogP contribution in [0.25, 0.3) is 0 Å². The Morgan fingerprint density at radius 3 is 2.56 bits per heavy atom. The molecular weight excluding hydrogens is 258 g/mol. The van der Waals surface area contributed by atoms with Crippen molar-refractivity contribution in [3.8, 4) is 0 Å². The van der Waals surface area contributed by atoms with Crippen molar-refractivity contribution in [1.29, 1.82) is 0 Å². The number of aliphatic carboxylic acids is 1. The van der Waals surface area contributed by atoms with E-state index in [-0.39, 0.29) is 13.0 Å².